The van der Waals surface area contributed by atoms with Gasteiger partial charge in [-0.15, -0.1) is 10.2 Å². The second-order valence-electron chi connectivity index (χ2n) is 6.61. The fraction of sp³-hybridized carbons (Fsp3) is 0.350. The summed E-state index contributed by atoms with van der Waals surface area (Å²) in [5.74, 6) is 2.99. The fourth-order valence-corrected chi connectivity index (χ4v) is 3.31. The van der Waals surface area contributed by atoms with E-state index in [0.29, 0.717) is 12.6 Å². The lowest BCUT2D eigenvalue weighted by atomic mass is 10.1. The largest absolute Gasteiger partial charge is 0.487 e. The first-order valence-corrected chi connectivity index (χ1v) is 9.02. The van der Waals surface area contributed by atoms with E-state index in [1.807, 2.05) is 43.3 Å². The van der Waals surface area contributed by atoms with Crippen LogP contribution in [0, 0.1) is 6.92 Å². The van der Waals surface area contributed by atoms with Gasteiger partial charge in [0.15, 0.2) is 0 Å². The number of hydrogen-bond donors (Lipinski definition) is 1. The molecule has 0 amide bonds. The molecule has 2 aromatic heterocycles. The molecule has 3 heterocycles. The maximum absolute atomic E-state index is 6.00. The zero-order chi connectivity index (χ0) is 17.8. The molecule has 0 saturated carbocycles. The van der Waals surface area contributed by atoms with Crippen molar-refractivity contribution in [1.82, 2.24) is 25.1 Å². The van der Waals surface area contributed by atoms with Crippen molar-refractivity contribution in [2.75, 3.05) is 0 Å². The maximum atomic E-state index is 6.00. The van der Waals surface area contributed by atoms with E-state index in [4.69, 9.17) is 4.74 Å². The second-order valence-corrected chi connectivity index (χ2v) is 6.61. The second kappa shape index (κ2) is 7.66. The molecule has 4 rings (SSSR count). The molecule has 0 fully saturated rings. The number of aromatic nitrogens is 4. The van der Waals surface area contributed by atoms with Gasteiger partial charge in [-0.3, -0.25) is 4.98 Å². The molecule has 1 aromatic carbocycles. The molecule has 1 aliphatic heterocycles. The Labute approximate surface area is 153 Å². The minimum Gasteiger partial charge on any atom is -0.487 e. The number of ether oxygens (including phenoxy) is 1. The Balaban J connectivity index is 1.37. The van der Waals surface area contributed by atoms with Gasteiger partial charge in [0.05, 0.1) is 5.69 Å². The highest BCUT2D eigenvalue weighted by Gasteiger charge is 2.21. The molecule has 0 aliphatic carbocycles. The number of nitrogens with one attached hydrogen (secondary N) is 1. The Morgan fingerprint density at radius 2 is 2.04 bits per heavy atom. The van der Waals surface area contributed by atoms with E-state index in [2.05, 4.69) is 31.1 Å². The molecule has 6 heteroatoms. The van der Waals surface area contributed by atoms with Crippen LogP contribution in [0.5, 0.6) is 5.75 Å². The Bertz CT molecular complexity index is 862. The first-order chi connectivity index (χ1) is 12.8. The molecule has 6 nitrogen and oxygen atoms in total. The van der Waals surface area contributed by atoms with Crippen LogP contribution in [0.4, 0.5) is 0 Å². The number of para-hydroxylation sites is 1. The summed E-state index contributed by atoms with van der Waals surface area (Å²) in [6.45, 7) is 4.19. The van der Waals surface area contributed by atoms with Crippen LogP contribution in [-0.4, -0.2) is 25.8 Å². The molecule has 26 heavy (non-hydrogen) atoms. The van der Waals surface area contributed by atoms with Gasteiger partial charge in [-0.05, 0) is 31.5 Å². The fourth-order valence-electron chi connectivity index (χ4n) is 3.31. The predicted octanol–water partition coefficient (Wildman–Crippen LogP) is 2.67. The van der Waals surface area contributed by atoms with Crippen molar-refractivity contribution >= 4 is 0 Å². The van der Waals surface area contributed by atoms with Gasteiger partial charge < -0.3 is 14.6 Å². The van der Waals surface area contributed by atoms with Crippen LogP contribution in [0.2, 0.25) is 0 Å². The van der Waals surface area contributed by atoms with Crippen LogP contribution in [0.1, 0.15) is 29.3 Å². The van der Waals surface area contributed by atoms with Crippen molar-refractivity contribution < 1.29 is 4.74 Å². The van der Waals surface area contributed by atoms with Crippen LogP contribution in [-0.2, 0) is 26.1 Å². The van der Waals surface area contributed by atoms with E-state index in [0.717, 1.165) is 54.6 Å². The van der Waals surface area contributed by atoms with Crippen molar-refractivity contribution in [3.05, 3.63) is 71.6 Å². The molecule has 3 aromatic rings. The lowest BCUT2D eigenvalue weighted by molar-refractivity contribution is 0.295. The van der Waals surface area contributed by atoms with Gasteiger partial charge in [0, 0.05) is 37.3 Å². The highest BCUT2D eigenvalue weighted by molar-refractivity contribution is 5.33. The topological polar surface area (TPSA) is 64.9 Å². The summed E-state index contributed by atoms with van der Waals surface area (Å²) in [5, 5.41) is 12.1. The van der Waals surface area contributed by atoms with Gasteiger partial charge in [0.1, 0.15) is 24.0 Å². The summed E-state index contributed by atoms with van der Waals surface area (Å²) in [6.07, 6.45) is 3.84. The quantitative estimate of drug-likeness (QED) is 0.741. The minimum absolute atomic E-state index is 0.418. The van der Waals surface area contributed by atoms with E-state index < -0.39 is 0 Å². The van der Waals surface area contributed by atoms with E-state index in [9.17, 15) is 0 Å². The van der Waals surface area contributed by atoms with Gasteiger partial charge in [0.2, 0.25) is 0 Å². The van der Waals surface area contributed by atoms with Gasteiger partial charge in [-0.1, -0.05) is 24.3 Å². The predicted molar refractivity (Wildman–Crippen MR) is 98.7 cm³/mol. The Morgan fingerprint density at radius 1 is 1.15 bits per heavy atom. The molecule has 1 N–H and O–H groups in total. The number of nitrogens with zero attached hydrogens (tertiary/aromatic N) is 4. The van der Waals surface area contributed by atoms with E-state index in [-0.39, 0.29) is 0 Å². The third-order valence-corrected chi connectivity index (χ3v) is 4.79. The molecule has 0 radical (unpaired) electrons. The Hall–Kier alpha value is -2.73. The third kappa shape index (κ3) is 3.75. The van der Waals surface area contributed by atoms with Crippen molar-refractivity contribution in [2.45, 2.75) is 45.5 Å². The number of rotatable bonds is 6. The van der Waals surface area contributed by atoms with E-state index >= 15 is 0 Å². The molecule has 1 atom stereocenters. The van der Waals surface area contributed by atoms with E-state index in [1.54, 1.807) is 6.20 Å². The zero-order valence-electron chi connectivity index (χ0n) is 14.9. The Morgan fingerprint density at radius 3 is 2.92 bits per heavy atom. The maximum Gasteiger partial charge on any atom is 0.133 e. The van der Waals surface area contributed by atoms with Gasteiger partial charge >= 0.3 is 0 Å². The van der Waals surface area contributed by atoms with Crippen molar-refractivity contribution in [3.63, 3.8) is 0 Å². The van der Waals surface area contributed by atoms with Crippen LogP contribution < -0.4 is 10.1 Å². The number of aryl methyl sites for hydroxylation is 2. The molecule has 0 unspecified atom stereocenters. The minimum atomic E-state index is 0.418. The average molecular weight is 349 g/mol. The van der Waals surface area contributed by atoms with Gasteiger partial charge in [0.25, 0.3) is 0 Å². The standard InChI is InChI=1S/C20H23N5O/c1-15-23-24-20-10-9-17(13-25(15)20)22-12-16-6-2-3-8-19(16)26-14-18-7-4-5-11-21-18/h2-8,11,17,22H,9-10,12-14H2,1H3/t17-/m1/s1. The lowest BCUT2D eigenvalue weighted by Gasteiger charge is -2.25. The number of fused-ring (bicyclic) bond motifs is 1. The van der Waals surface area contributed by atoms with Crippen LogP contribution in [0.25, 0.3) is 0 Å². The van der Waals surface area contributed by atoms with Crippen LogP contribution in [0.15, 0.2) is 48.7 Å². The third-order valence-electron chi connectivity index (χ3n) is 4.79. The summed E-state index contributed by atoms with van der Waals surface area (Å²) in [7, 11) is 0. The summed E-state index contributed by atoms with van der Waals surface area (Å²) >= 11 is 0. The molecular weight excluding hydrogens is 326 g/mol. The van der Waals surface area contributed by atoms with Gasteiger partial charge in [-0.2, -0.15) is 0 Å². The smallest absolute Gasteiger partial charge is 0.133 e. The molecule has 0 spiro atoms. The lowest BCUT2D eigenvalue weighted by Crippen LogP contribution is -2.37. The number of hydrogen-bond acceptors (Lipinski definition) is 5. The highest BCUT2D eigenvalue weighted by atomic mass is 16.5. The van der Waals surface area contributed by atoms with E-state index in [1.165, 1.54) is 0 Å². The molecule has 0 bridgehead atoms. The number of pyridine rings is 1. The summed E-state index contributed by atoms with van der Waals surface area (Å²) in [6, 6.07) is 14.5. The normalized spacial score (nSPS) is 16.3. The summed E-state index contributed by atoms with van der Waals surface area (Å²) in [4.78, 5) is 4.31. The van der Waals surface area contributed by atoms with Crippen molar-refractivity contribution in [1.29, 1.82) is 0 Å². The summed E-state index contributed by atoms with van der Waals surface area (Å²) < 4.78 is 8.21. The average Bonchev–Trinajstić information content (AvgIpc) is 3.06. The first kappa shape index (κ1) is 16.7. The highest BCUT2D eigenvalue weighted by Crippen LogP contribution is 2.20. The monoisotopic (exact) mass is 349 g/mol. The van der Waals surface area contributed by atoms with Gasteiger partial charge in [-0.25, -0.2) is 0 Å². The zero-order valence-corrected chi connectivity index (χ0v) is 14.9. The van der Waals surface area contributed by atoms with Crippen molar-refractivity contribution in [2.24, 2.45) is 0 Å². The molecular formula is C20H23N5O. The van der Waals surface area contributed by atoms with Crippen LogP contribution in [0.3, 0.4) is 0 Å². The molecule has 0 saturated heterocycles. The van der Waals surface area contributed by atoms with Crippen LogP contribution >= 0.6 is 0 Å². The molecule has 134 valence electrons. The van der Waals surface area contributed by atoms with Crippen molar-refractivity contribution in [3.8, 4) is 5.75 Å². The Kier molecular flexibility index (Phi) is 4.93. The molecule has 1 aliphatic rings. The SMILES string of the molecule is Cc1nnc2n1C[C@H](NCc1ccccc1OCc1ccccn1)CC2. The summed E-state index contributed by atoms with van der Waals surface area (Å²) in [5.41, 5.74) is 2.09. The number of benzene rings is 1. The first-order valence-electron chi connectivity index (χ1n) is 9.02.